The van der Waals surface area contributed by atoms with Gasteiger partial charge in [-0.2, -0.15) is 0 Å². The molecule has 2 N–H and O–H groups in total. The number of nitrogens with one attached hydrogen (secondary N) is 2. The molecular weight excluding hydrogens is 640 g/mol. The normalized spacial score (nSPS) is 17.2. The number of piperidine rings is 1. The molecule has 2 unspecified atom stereocenters. The Balaban J connectivity index is 1.33. The number of hydrogen-bond acceptors (Lipinski definition) is 7. The van der Waals surface area contributed by atoms with Crippen molar-refractivity contribution in [3.8, 4) is 11.5 Å². The van der Waals surface area contributed by atoms with E-state index in [1.54, 1.807) is 48.5 Å². The highest BCUT2D eigenvalue weighted by atomic mass is 79.9. The van der Waals surface area contributed by atoms with Gasteiger partial charge in [-0.25, -0.2) is 0 Å². The second-order valence-electron chi connectivity index (χ2n) is 10.5. The first kappa shape index (κ1) is 28.9. The van der Waals surface area contributed by atoms with E-state index in [0.717, 1.165) is 17.8 Å². The van der Waals surface area contributed by atoms with E-state index in [4.69, 9.17) is 25.5 Å². The van der Waals surface area contributed by atoms with Gasteiger partial charge in [-0.05, 0) is 70.7 Å². The maximum absolute atomic E-state index is 13.5. The van der Waals surface area contributed by atoms with Crippen LogP contribution < -0.4 is 30.6 Å². The molecule has 1 saturated heterocycles. The minimum atomic E-state index is -0.456. The second-order valence-corrected chi connectivity index (χ2v) is 11.7. The third kappa shape index (κ3) is 5.74. The standard InChI is InChI=1S/C31H28BrClN4O6/c1-41-26-13-27(42-2)22(12-20(26)33)35-30(39)18-6-7-24(21(11-18)34-31(40)25-8-9-28(32)43-25)36-14-17-10-19(16-36)23-4-3-5-29(38)37(23)15-17/h3-9,11-13,17,19H,10,14-16H2,1-2H3,(H,34,40)(H,35,39). The first-order chi connectivity index (χ1) is 20.7. The third-order valence-electron chi connectivity index (χ3n) is 7.85. The molecule has 43 heavy (non-hydrogen) atoms. The molecule has 2 atom stereocenters. The minimum Gasteiger partial charge on any atom is -0.495 e. The number of ether oxygens (including phenoxy) is 2. The summed E-state index contributed by atoms with van der Waals surface area (Å²) in [6, 6.07) is 16.9. The average molecular weight is 668 g/mol. The van der Waals surface area contributed by atoms with Crippen molar-refractivity contribution < 1.29 is 23.5 Å². The van der Waals surface area contributed by atoms with Crippen LogP contribution in [-0.2, 0) is 6.54 Å². The molecule has 4 heterocycles. The van der Waals surface area contributed by atoms with Crippen molar-refractivity contribution in [2.75, 3.05) is 42.8 Å². The minimum absolute atomic E-state index is 0.0170. The van der Waals surface area contributed by atoms with Crippen LogP contribution in [0.5, 0.6) is 11.5 Å². The number of furan rings is 1. The number of methoxy groups -OCH3 is 2. The van der Waals surface area contributed by atoms with Gasteiger partial charge in [-0.15, -0.1) is 0 Å². The van der Waals surface area contributed by atoms with Gasteiger partial charge in [0.05, 0.1) is 36.3 Å². The highest BCUT2D eigenvalue weighted by Crippen LogP contribution is 2.40. The van der Waals surface area contributed by atoms with Gasteiger partial charge < -0.3 is 34.0 Å². The molecule has 0 saturated carbocycles. The SMILES string of the molecule is COc1cc(OC)c(NC(=O)c2ccc(N3CC4CC(C3)c3cccc(=O)n3C4)c(NC(=O)c3ccc(Br)o3)c2)cc1Cl. The van der Waals surface area contributed by atoms with Crippen molar-refractivity contribution in [2.24, 2.45) is 5.92 Å². The highest BCUT2D eigenvalue weighted by molar-refractivity contribution is 9.10. The zero-order valence-corrected chi connectivity index (χ0v) is 25.7. The summed E-state index contributed by atoms with van der Waals surface area (Å²) in [4.78, 5) is 41.4. The van der Waals surface area contributed by atoms with Crippen LogP contribution in [0.4, 0.5) is 17.1 Å². The number of anilines is 3. The quantitative estimate of drug-likeness (QED) is 0.248. The van der Waals surface area contributed by atoms with Crippen molar-refractivity contribution in [1.29, 1.82) is 0 Å². The smallest absolute Gasteiger partial charge is 0.291 e. The van der Waals surface area contributed by atoms with Crippen molar-refractivity contribution in [1.82, 2.24) is 4.57 Å². The molecule has 12 heteroatoms. The molecule has 2 aromatic carbocycles. The summed E-state index contributed by atoms with van der Waals surface area (Å²) >= 11 is 9.54. The zero-order valence-electron chi connectivity index (χ0n) is 23.4. The topological polar surface area (TPSA) is 115 Å². The van der Waals surface area contributed by atoms with Crippen LogP contribution in [0.1, 0.15) is 38.9 Å². The van der Waals surface area contributed by atoms with E-state index in [-0.39, 0.29) is 23.2 Å². The Labute approximate surface area is 260 Å². The van der Waals surface area contributed by atoms with Crippen molar-refractivity contribution in [3.05, 3.63) is 97.7 Å². The molecule has 2 bridgehead atoms. The van der Waals surface area contributed by atoms with Gasteiger partial charge in [-0.1, -0.05) is 17.7 Å². The number of pyridine rings is 1. The molecule has 2 aromatic heterocycles. The first-order valence-electron chi connectivity index (χ1n) is 13.6. The van der Waals surface area contributed by atoms with Crippen molar-refractivity contribution >= 4 is 56.4 Å². The Hall–Kier alpha value is -4.22. The van der Waals surface area contributed by atoms with E-state index >= 15 is 0 Å². The summed E-state index contributed by atoms with van der Waals surface area (Å²) in [6.45, 7) is 1.98. The summed E-state index contributed by atoms with van der Waals surface area (Å²) in [5.41, 5.74) is 2.93. The maximum atomic E-state index is 13.5. The van der Waals surface area contributed by atoms with Gasteiger partial charge in [-0.3, -0.25) is 14.4 Å². The zero-order chi connectivity index (χ0) is 30.2. The van der Waals surface area contributed by atoms with Crippen molar-refractivity contribution in [2.45, 2.75) is 18.9 Å². The van der Waals surface area contributed by atoms with Crippen LogP contribution >= 0.6 is 27.5 Å². The lowest BCUT2D eigenvalue weighted by Crippen LogP contribution is -2.47. The van der Waals surface area contributed by atoms with E-state index in [0.29, 0.717) is 57.8 Å². The number of amides is 2. The van der Waals surface area contributed by atoms with Crippen LogP contribution in [-0.4, -0.2) is 43.7 Å². The number of fused-ring (bicyclic) bond motifs is 4. The lowest BCUT2D eigenvalue weighted by Gasteiger charge is -2.44. The molecule has 10 nitrogen and oxygen atoms in total. The number of carbonyl (C=O) groups excluding carboxylic acids is 2. The van der Waals surface area contributed by atoms with Crippen LogP contribution in [0, 0.1) is 5.92 Å². The number of carbonyl (C=O) groups is 2. The Morgan fingerprint density at radius 2 is 1.72 bits per heavy atom. The largest absolute Gasteiger partial charge is 0.495 e. The fourth-order valence-corrected chi connectivity index (χ4v) is 6.47. The molecular formula is C31H28BrClN4O6. The number of aromatic nitrogens is 1. The number of benzene rings is 2. The van der Waals surface area contributed by atoms with E-state index in [2.05, 4.69) is 31.5 Å². The molecule has 6 rings (SSSR count). The molecule has 0 aliphatic carbocycles. The Kier molecular flexibility index (Phi) is 7.93. The third-order valence-corrected chi connectivity index (χ3v) is 8.57. The Morgan fingerprint density at radius 1 is 0.930 bits per heavy atom. The lowest BCUT2D eigenvalue weighted by molar-refractivity contribution is 0.0992. The molecule has 0 spiro atoms. The van der Waals surface area contributed by atoms with Gasteiger partial charge >= 0.3 is 0 Å². The molecule has 222 valence electrons. The number of halogens is 2. The summed E-state index contributed by atoms with van der Waals surface area (Å²) in [7, 11) is 2.97. The van der Waals surface area contributed by atoms with Crippen LogP contribution in [0.3, 0.4) is 0 Å². The fourth-order valence-electron chi connectivity index (χ4n) is 5.92. The van der Waals surface area contributed by atoms with Crippen molar-refractivity contribution in [3.63, 3.8) is 0 Å². The van der Waals surface area contributed by atoms with Gasteiger partial charge in [0.2, 0.25) is 0 Å². The number of nitrogens with zero attached hydrogens (tertiary/aromatic N) is 2. The lowest BCUT2D eigenvalue weighted by atomic mass is 9.83. The summed E-state index contributed by atoms with van der Waals surface area (Å²) in [5.74, 6) is 0.437. The molecule has 2 amide bonds. The molecule has 0 radical (unpaired) electrons. The van der Waals surface area contributed by atoms with Gasteiger partial charge in [0.1, 0.15) is 11.5 Å². The number of hydrogen-bond donors (Lipinski definition) is 2. The predicted molar refractivity (Wildman–Crippen MR) is 167 cm³/mol. The fraction of sp³-hybridized carbons (Fsp3) is 0.258. The summed E-state index contributed by atoms with van der Waals surface area (Å²) in [5, 5.41) is 6.10. The Bertz CT molecular complexity index is 1790. The average Bonchev–Trinajstić information content (AvgIpc) is 3.44. The van der Waals surface area contributed by atoms with Gasteiger partial charge in [0.25, 0.3) is 17.4 Å². The monoisotopic (exact) mass is 666 g/mol. The maximum Gasteiger partial charge on any atom is 0.291 e. The molecule has 2 aliphatic rings. The van der Waals surface area contributed by atoms with Crippen LogP contribution in [0.25, 0.3) is 0 Å². The van der Waals surface area contributed by atoms with E-state index in [1.165, 1.54) is 14.2 Å². The summed E-state index contributed by atoms with van der Waals surface area (Å²) in [6.07, 6.45) is 0.981. The molecule has 2 aliphatic heterocycles. The summed E-state index contributed by atoms with van der Waals surface area (Å²) < 4.78 is 18.4. The van der Waals surface area contributed by atoms with Crippen LogP contribution in [0.15, 0.2) is 74.5 Å². The second kappa shape index (κ2) is 11.8. The van der Waals surface area contributed by atoms with Gasteiger partial charge in [0, 0.05) is 48.9 Å². The predicted octanol–water partition coefficient (Wildman–Crippen LogP) is 6.00. The van der Waals surface area contributed by atoms with E-state index in [1.807, 2.05) is 16.7 Å². The molecule has 1 fully saturated rings. The van der Waals surface area contributed by atoms with Crippen LogP contribution in [0.2, 0.25) is 5.02 Å². The molecule has 4 aromatic rings. The van der Waals surface area contributed by atoms with E-state index in [9.17, 15) is 14.4 Å². The first-order valence-corrected chi connectivity index (χ1v) is 14.8. The highest BCUT2D eigenvalue weighted by Gasteiger charge is 2.35. The van der Waals surface area contributed by atoms with Gasteiger partial charge in [0.15, 0.2) is 10.4 Å². The van der Waals surface area contributed by atoms with E-state index < -0.39 is 11.8 Å². The number of rotatable bonds is 7. The Morgan fingerprint density at radius 3 is 2.47 bits per heavy atom.